The summed E-state index contributed by atoms with van der Waals surface area (Å²) < 4.78 is 13.7. The normalized spacial score (nSPS) is 11.4. The molecule has 0 unspecified atom stereocenters. The Balaban J connectivity index is 3.03. The molecule has 0 atom stereocenters. The van der Waals surface area contributed by atoms with Gasteiger partial charge in [0.2, 0.25) is 0 Å². The number of benzene rings is 1. The molecule has 4 heteroatoms. The fourth-order valence-electron chi connectivity index (χ4n) is 2.15. The SMILES string of the molecule is Cc1[nH]c2c(Cl)ccc(F)c2c(=O)c1C(C)C. The zero-order chi connectivity index (χ0) is 12.7. The van der Waals surface area contributed by atoms with Gasteiger partial charge in [0.1, 0.15) is 5.82 Å². The molecule has 0 saturated heterocycles. The second kappa shape index (κ2) is 4.15. The van der Waals surface area contributed by atoms with Crippen LogP contribution in [-0.4, -0.2) is 4.98 Å². The van der Waals surface area contributed by atoms with Gasteiger partial charge in [0.15, 0.2) is 5.43 Å². The predicted octanol–water partition coefficient (Wildman–Crippen LogP) is 3.75. The summed E-state index contributed by atoms with van der Waals surface area (Å²) in [6, 6.07) is 2.67. The lowest BCUT2D eigenvalue weighted by atomic mass is 9.99. The van der Waals surface area contributed by atoms with Crippen LogP contribution in [0, 0.1) is 12.7 Å². The van der Waals surface area contributed by atoms with Gasteiger partial charge in [-0.15, -0.1) is 0 Å². The van der Waals surface area contributed by atoms with E-state index < -0.39 is 5.82 Å². The average molecular weight is 254 g/mol. The van der Waals surface area contributed by atoms with Gasteiger partial charge in [-0.05, 0) is 25.0 Å². The monoisotopic (exact) mass is 253 g/mol. The van der Waals surface area contributed by atoms with Crippen molar-refractivity contribution in [2.45, 2.75) is 26.7 Å². The van der Waals surface area contributed by atoms with Crippen LogP contribution in [0.4, 0.5) is 4.39 Å². The summed E-state index contributed by atoms with van der Waals surface area (Å²) in [6.45, 7) is 5.62. The van der Waals surface area contributed by atoms with Crippen LogP contribution in [-0.2, 0) is 0 Å². The second-order valence-electron chi connectivity index (χ2n) is 4.43. The Labute approximate surface area is 103 Å². The van der Waals surface area contributed by atoms with Gasteiger partial charge in [-0.25, -0.2) is 4.39 Å². The number of H-pyrrole nitrogens is 1. The first-order chi connectivity index (χ1) is 7.93. The van der Waals surface area contributed by atoms with E-state index in [9.17, 15) is 9.18 Å². The Morgan fingerprint density at radius 3 is 2.59 bits per heavy atom. The highest BCUT2D eigenvalue weighted by atomic mass is 35.5. The van der Waals surface area contributed by atoms with Crippen LogP contribution in [0.5, 0.6) is 0 Å². The molecule has 0 fully saturated rings. The number of aromatic amines is 1. The van der Waals surface area contributed by atoms with E-state index in [2.05, 4.69) is 4.98 Å². The van der Waals surface area contributed by atoms with E-state index in [1.165, 1.54) is 12.1 Å². The molecule has 2 nitrogen and oxygen atoms in total. The number of pyridine rings is 1. The second-order valence-corrected chi connectivity index (χ2v) is 4.83. The molecule has 0 bridgehead atoms. The Hall–Kier alpha value is -1.35. The number of hydrogen-bond acceptors (Lipinski definition) is 1. The maximum absolute atomic E-state index is 13.7. The van der Waals surface area contributed by atoms with Crippen molar-refractivity contribution in [3.8, 4) is 0 Å². The molecule has 90 valence electrons. The number of rotatable bonds is 1. The van der Waals surface area contributed by atoms with Crippen molar-refractivity contribution in [1.82, 2.24) is 4.98 Å². The van der Waals surface area contributed by atoms with E-state index in [1.807, 2.05) is 13.8 Å². The van der Waals surface area contributed by atoms with Crippen LogP contribution < -0.4 is 5.43 Å². The van der Waals surface area contributed by atoms with Crippen LogP contribution in [0.25, 0.3) is 10.9 Å². The topological polar surface area (TPSA) is 32.9 Å². The molecule has 1 aromatic carbocycles. The highest BCUT2D eigenvalue weighted by Gasteiger charge is 2.16. The van der Waals surface area contributed by atoms with E-state index in [4.69, 9.17) is 11.6 Å². The predicted molar refractivity (Wildman–Crippen MR) is 68.4 cm³/mol. The summed E-state index contributed by atoms with van der Waals surface area (Å²) in [5.41, 5.74) is 1.45. The lowest BCUT2D eigenvalue weighted by Gasteiger charge is -2.11. The summed E-state index contributed by atoms with van der Waals surface area (Å²) in [5, 5.41) is 0.406. The smallest absolute Gasteiger partial charge is 0.196 e. The van der Waals surface area contributed by atoms with Gasteiger partial charge in [0.05, 0.1) is 15.9 Å². The van der Waals surface area contributed by atoms with E-state index in [0.29, 0.717) is 16.1 Å². The molecule has 0 aliphatic heterocycles. The van der Waals surface area contributed by atoms with Crippen molar-refractivity contribution in [1.29, 1.82) is 0 Å². The standard InChI is InChI=1S/C13H13ClFNO/c1-6(2)10-7(3)16-12-8(14)4-5-9(15)11(12)13(10)17/h4-6H,1-3H3,(H,16,17). The van der Waals surface area contributed by atoms with E-state index in [0.717, 1.165) is 5.69 Å². The molecule has 17 heavy (non-hydrogen) atoms. The van der Waals surface area contributed by atoms with Crippen molar-refractivity contribution in [2.24, 2.45) is 0 Å². The minimum atomic E-state index is -0.535. The highest BCUT2D eigenvalue weighted by molar-refractivity contribution is 6.35. The third kappa shape index (κ3) is 1.84. The minimum Gasteiger partial charge on any atom is -0.357 e. The van der Waals surface area contributed by atoms with E-state index in [1.54, 1.807) is 6.92 Å². The maximum atomic E-state index is 13.7. The number of fused-ring (bicyclic) bond motifs is 1. The van der Waals surface area contributed by atoms with Gasteiger partial charge in [-0.1, -0.05) is 25.4 Å². The number of nitrogens with one attached hydrogen (secondary N) is 1. The zero-order valence-electron chi connectivity index (χ0n) is 9.90. The zero-order valence-corrected chi connectivity index (χ0v) is 10.7. The molecular weight excluding hydrogens is 241 g/mol. The van der Waals surface area contributed by atoms with E-state index >= 15 is 0 Å². The third-order valence-electron chi connectivity index (χ3n) is 2.87. The van der Waals surface area contributed by atoms with Gasteiger partial charge in [0, 0.05) is 11.3 Å². The van der Waals surface area contributed by atoms with E-state index in [-0.39, 0.29) is 16.7 Å². The molecule has 1 N–H and O–H groups in total. The summed E-state index contributed by atoms with van der Waals surface area (Å²) in [5.74, 6) is -0.492. The molecule has 0 aliphatic rings. The minimum absolute atomic E-state index is 0.0431. The van der Waals surface area contributed by atoms with Crippen LogP contribution in [0.15, 0.2) is 16.9 Å². The molecule has 1 heterocycles. The van der Waals surface area contributed by atoms with Crippen molar-refractivity contribution >= 4 is 22.5 Å². The van der Waals surface area contributed by atoms with Crippen LogP contribution in [0.1, 0.15) is 31.0 Å². The Morgan fingerprint density at radius 1 is 1.35 bits per heavy atom. The summed E-state index contributed by atoms with van der Waals surface area (Å²) in [7, 11) is 0. The maximum Gasteiger partial charge on any atom is 0.196 e. The first-order valence-electron chi connectivity index (χ1n) is 5.44. The first-order valence-corrected chi connectivity index (χ1v) is 5.81. The molecule has 2 aromatic rings. The fourth-order valence-corrected chi connectivity index (χ4v) is 2.36. The largest absolute Gasteiger partial charge is 0.357 e. The van der Waals surface area contributed by atoms with Crippen molar-refractivity contribution in [3.05, 3.63) is 44.5 Å². The van der Waals surface area contributed by atoms with Crippen LogP contribution in [0.2, 0.25) is 5.02 Å². The first kappa shape index (κ1) is 12.1. The van der Waals surface area contributed by atoms with Crippen molar-refractivity contribution < 1.29 is 4.39 Å². The molecule has 0 radical (unpaired) electrons. The Kier molecular flexibility index (Phi) is 2.96. The molecule has 0 saturated carbocycles. The summed E-state index contributed by atoms with van der Waals surface area (Å²) in [6.07, 6.45) is 0. The van der Waals surface area contributed by atoms with Gasteiger partial charge in [0.25, 0.3) is 0 Å². The Bertz CT molecular complexity index is 646. The number of halogens is 2. The van der Waals surface area contributed by atoms with Gasteiger partial charge in [-0.2, -0.15) is 0 Å². The van der Waals surface area contributed by atoms with Crippen LogP contribution >= 0.6 is 11.6 Å². The molecule has 0 spiro atoms. The van der Waals surface area contributed by atoms with Crippen LogP contribution in [0.3, 0.4) is 0 Å². The summed E-state index contributed by atoms with van der Waals surface area (Å²) in [4.78, 5) is 15.3. The fraction of sp³-hybridized carbons (Fsp3) is 0.308. The van der Waals surface area contributed by atoms with Gasteiger partial charge in [-0.3, -0.25) is 4.79 Å². The quantitative estimate of drug-likeness (QED) is 0.825. The average Bonchev–Trinajstić information content (AvgIpc) is 2.22. The third-order valence-corrected chi connectivity index (χ3v) is 3.18. The Morgan fingerprint density at radius 2 is 2.00 bits per heavy atom. The lowest BCUT2D eigenvalue weighted by molar-refractivity contribution is 0.638. The van der Waals surface area contributed by atoms with Crippen molar-refractivity contribution in [3.63, 3.8) is 0 Å². The highest BCUT2D eigenvalue weighted by Crippen LogP contribution is 2.25. The number of aryl methyl sites for hydroxylation is 1. The van der Waals surface area contributed by atoms with Crippen molar-refractivity contribution in [2.75, 3.05) is 0 Å². The molecule has 1 aromatic heterocycles. The van der Waals surface area contributed by atoms with Gasteiger partial charge >= 0.3 is 0 Å². The number of aromatic nitrogens is 1. The number of hydrogen-bond donors (Lipinski definition) is 1. The van der Waals surface area contributed by atoms with Gasteiger partial charge < -0.3 is 4.98 Å². The lowest BCUT2D eigenvalue weighted by Crippen LogP contribution is -2.16. The summed E-state index contributed by atoms with van der Waals surface area (Å²) >= 11 is 5.97. The molecule has 0 aliphatic carbocycles. The molecule has 2 rings (SSSR count). The molecule has 0 amide bonds. The molecular formula is C13H13ClFNO.